The zero-order chi connectivity index (χ0) is 19.3. The van der Waals surface area contributed by atoms with Crippen molar-refractivity contribution in [3.8, 4) is 0 Å². The summed E-state index contributed by atoms with van der Waals surface area (Å²) in [5, 5.41) is 0. The fraction of sp³-hybridized carbons (Fsp3) is 0.960. The van der Waals surface area contributed by atoms with Crippen molar-refractivity contribution >= 4 is 7.26 Å². The van der Waals surface area contributed by atoms with Crippen molar-refractivity contribution in [2.24, 2.45) is 0 Å². The summed E-state index contributed by atoms with van der Waals surface area (Å²) in [7, 11) is -1.21. The first-order chi connectivity index (χ1) is 13.1. The highest BCUT2D eigenvalue weighted by Gasteiger charge is 2.59. The largest absolute Gasteiger partial charge is 0.251 e. The maximum absolute atomic E-state index is 4.52. The van der Waals surface area contributed by atoms with E-state index >= 15 is 0 Å². The molecular weight excluding hydrogens is 345 g/mol. The summed E-state index contributed by atoms with van der Waals surface area (Å²) in [6.45, 7) is 9.63. The highest BCUT2D eigenvalue weighted by molar-refractivity contribution is 7.79. The summed E-state index contributed by atoms with van der Waals surface area (Å²) in [5.41, 5.74) is 3.03. The first-order valence-corrected chi connectivity index (χ1v) is 14.5. The second-order valence-corrected chi connectivity index (χ2v) is 14.5. The molecular formula is C25H47NP+. The third-order valence-corrected chi connectivity index (χ3v) is 13.7. The molecule has 3 rings (SSSR count). The monoisotopic (exact) mass is 392 g/mol. The van der Waals surface area contributed by atoms with E-state index in [1.165, 1.54) is 96.3 Å². The van der Waals surface area contributed by atoms with Crippen molar-refractivity contribution in [1.82, 2.24) is 4.90 Å². The third kappa shape index (κ3) is 5.12. The lowest BCUT2D eigenvalue weighted by Crippen LogP contribution is -2.43. The summed E-state index contributed by atoms with van der Waals surface area (Å²) in [6.07, 6.45) is 27.1. The van der Waals surface area contributed by atoms with E-state index in [-0.39, 0.29) is 0 Å². The molecule has 0 aromatic rings. The summed E-state index contributed by atoms with van der Waals surface area (Å²) >= 11 is 0. The zero-order valence-corrected chi connectivity index (χ0v) is 19.8. The molecule has 1 nitrogen and oxygen atoms in total. The topological polar surface area (TPSA) is 3.24 Å². The van der Waals surface area contributed by atoms with Crippen molar-refractivity contribution in [2.75, 3.05) is 0 Å². The molecule has 0 unspecified atom stereocenters. The van der Waals surface area contributed by atoms with Crippen molar-refractivity contribution in [1.29, 1.82) is 0 Å². The Balaban J connectivity index is 1.98. The SMILES string of the molecule is CC(C)N([C][P+](C1CCCCC1)(C1CCCCC1)C1CCCCC1)C(C)C. The second-order valence-electron chi connectivity index (χ2n) is 10.4. The average Bonchev–Trinajstić information content (AvgIpc) is 2.70. The van der Waals surface area contributed by atoms with Gasteiger partial charge in [-0.1, -0.05) is 19.3 Å². The van der Waals surface area contributed by atoms with Crippen LogP contribution in [-0.2, 0) is 0 Å². The number of nitrogens with zero attached hydrogens (tertiary/aromatic N) is 1. The Hall–Kier alpha value is 0.390. The van der Waals surface area contributed by atoms with E-state index in [1.807, 2.05) is 0 Å². The van der Waals surface area contributed by atoms with Crippen LogP contribution in [0.4, 0.5) is 0 Å². The standard InChI is InChI=1S/C25H47NP/c1-21(2)26(22(3)4)20-27(23-14-8-5-9-15-23,24-16-10-6-11-17-24)25-18-12-7-13-19-25/h21-25H,5-19H2,1-4H3/q+1. The van der Waals surface area contributed by atoms with Gasteiger partial charge in [0.2, 0.25) is 0 Å². The fourth-order valence-electron chi connectivity index (χ4n) is 6.69. The van der Waals surface area contributed by atoms with Gasteiger partial charge in [-0.2, -0.15) is 0 Å². The van der Waals surface area contributed by atoms with Gasteiger partial charge in [-0.25, -0.2) is 0 Å². The van der Waals surface area contributed by atoms with Crippen LogP contribution in [-0.4, -0.2) is 34.0 Å². The molecule has 156 valence electrons. The van der Waals surface area contributed by atoms with Gasteiger partial charge in [-0.15, -0.1) is 0 Å². The lowest BCUT2D eigenvalue weighted by Gasteiger charge is -2.50. The highest BCUT2D eigenvalue weighted by Crippen LogP contribution is 2.79. The highest BCUT2D eigenvalue weighted by atomic mass is 31.2. The minimum Gasteiger partial charge on any atom is -0.251 e. The smallest absolute Gasteiger partial charge is 0.251 e. The molecule has 0 aliphatic heterocycles. The molecule has 3 saturated carbocycles. The number of hydrogen-bond donors (Lipinski definition) is 0. The van der Waals surface area contributed by atoms with Crippen LogP contribution in [0.3, 0.4) is 0 Å². The number of hydrogen-bond acceptors (Lipinski definition) is 1. The molecule has 27 heavy (non-hydrogen) atoms. The summed E-state index contributed by atoms with van der Waals surface area (Å²) in [6, 6.07) is 1.19. The van der Waals surface area contributed by atoms with Gasteiger partial charge in [0.05, 0.1) is 24.2 Å². The van der Waals surface area contributed by atoms with E-state index in [1.54, 1.807) is 0 Å². The van der Waals surface area contributed by atoms with Crippen LogP contribution in [0.5, 0.6) is 0 Å². The van der Waals surface area contributed by atoms with Crippen molar-refractivity contribution in [2.45, 2.75) is 153 Å². The van der Waals surface area contributed by atoms with Gasteiger partial charge in [0.15, 0.2) is 0 Å². The van der Waals surface area contributed by atoms with Gasteiger partial charge in [0, 0.05) is 12.1 Å². The zero-order valence-electron chi connectivity index (χ0n) is 18.9. The first kappa shape index (κ1) is 22.1. The summed E-state index contributed by atoms with van der Waals surface area (Å²) < 4.78 is 0. The fourth-order valence-corrected chi connectivity index (χ4v) is 13.5. The Morgan fingerprint density at radius 2 is 0.852 bits per heavy atom. The maximum Gasteiger partial charge on any atom is 0.251 e. The predicted molar refractivity (Wildman–Crippen MR) is 123 cm³/mol. The second kappa shape index (κ2) is 10.4. The van der Waals surface area contributed by atoms with E-state index in [0.717, 1.165) is 17.0 Å². The molecule has 2 heteroatoms. The van der Waals surface area contributed by atoms with Gasteiger partial charge >= 0.3 is 0 Å². The molecule has 3 fully saturated rings. The minimum atomic E-state index is -1.21. The van der Waals surface area contributed by atoms with E-state index in [2.05, 4.69) is 38.9 Å². The Morgan fingerprint density at radius 1 is 0.556 bits per heavy atom. The van der Waals surface area contributed by atoms with Gasteiger partial charge in [0.1, 0.15) is 0 Å². The molecule has 0 saturated heterocycles. The molecule has 2 radical (unpaired) electrons. The van der Waals surface area contributed by atoms with Crippen molar-refractivity contribution in [3.05, 3.63) is 6.29 Å². The molecule has 0 atom stereocenters. The van der Waals surface area contributed by atoms with Gasteiger partial charge in [-0.3, -0.25) is 4.90 Å². The van der Waals surface area contributed by atoms with Gasteiger partial charge < -0.3 is 0 Å². The summed E-state index contributed by atoms with van der Waals surface area (Å²) in [4.78, 5) is 2.70. The van der Waals surface area contributed by atoms with E-state index in [0.29, 0.717) is 12.1 Å². The molecule has 0 aromatic heterocycles. The quantitative estimate of drug-likeness (QED) is 0.312. The average molecular weight is 393 g/mol. The van der Waals surface area contributed by atoms with Crippen LogP contribution in [0.25, 0.3) is 0 Å². The number of rotatable bonds is 7. The van der Waals surface area contributed by atoms with Gasteiger partial charge in [-0.05, 0) is 105 Å². The molecule has 0 amide bonds. The molecule has 3 aliphatic rings. The Morgan fingerprint density at radius 3 is 1.11 bits per heavy atom. The maximum atomic E-state index is 4.52. The predicted octanol–water partition coefficient (Wildman–Crippen LogP) is 8.12. The molecule has 0 heterocycles. The molecule has 0 bridgehead atoms. The Bertz CT molecular complexity index is 360. The van der Waals surface area contributed by atoms with Crippen LogP contribution in [0, 0.1) is 6.29 Å². The lowest BCUT2D eigenvalue weighted by atomic mass is 9.99. The normalized spacial score (nSPS) is 25.0. The van der Waals surface area contributed by atoms with E-state index in [9.17, 15) is 0 Å². The van der Waals surface area contributed by atoms with Crippen LogP contribution < -0.4 is 0 Å². The molecule has 3 aliphatic carbocycles. The lowest BCUT2D eigenvalue weighted by molar-refractivity contribution is 0.238. The van der Waals surface area contributed by atoms with Crippen molar-refractivity contribution < 1.29 is 0 Å². The van der Waals surface area contributed by atoms with Crippen LogP contribution in [0.15, 0.2) is 0 Å². The van der Waals surface area contributed by atoms with Crippen LogP contribution in [0.1, 0.15) is 124 Å². The third-order valence-electron chi connectivity index (χ3n) is 7.94. The molecule has 0 spiro atoms. The van der Waals surface area contributed by atoms with Crippen molar-refractivity contribution in [3.63, 3.8) is 0 Å². The van der Waals surface area contributed by atoms with Gasteiger partial charge in [0.25, 0.3) is 6.29 Å². The minimum absolute atomic E-state index is 0.597. The molecule has 0 aromatic carbocycles. The summed E-state index contributed by atoms with van der Waals surface area (Å²) in [5.74, 6) is 0. The van der Waals surface area contributed by atoms with Crippen LogP contribution >= 0.6 is 7.26 Å². The van der Waals surface area contributed by atoms with E-state index in [4.69, 9.17) is 0 Å². The Labute approximate surface area is 171 Å². The first-order valence-electron chi connectivity index (χ1n) is 12.5. The molecule has 0 N–H and O–H groups in total. The Kier molecular flexibility index (Phi) is 8.53. The van der Waals surface area contributed by atoms with Crippen LogP contribution in [0.2, 0.25) is 0 Å². The van der Waals surface area contributed by atoms with E-state index < -0.39 is 7.26 Å².